The van der Waals surface area contributed by atoms with Gasteiger partial charge >= 0.3 is 0 Å². The Morgan fingerprint density at radius 3 is 2.73 bits per heavy atom. The van der Waals surface area contributed by atoms with Gasteiger partial charge in [0, 0.05) is 11.6 Å². The van der Waals surface area contributed by atoms with E-state index in [2.05, 4.69) is 47.7 Å². The van der Waals surface area contributed by atoms with Crippen LogP contribution in [0.5, 0.6) is 0 Å². The Morgan fingerprint density at radius 2 is 2.00 bits per heavy atom. The monoisotopic (exact) mass is 299 g/mol. The summed E-state index contributed by atoms with van der Waals surface area (Å²) in [7, 11) is 0. The molecule has 0 unspecified atom stereocenters. The van der Waals surface area contributed by atoms with Gasteiger partial charge < -0.3 is 10.4 Å². The molecular formula is C18H25N3O. The Morgan fingerprint density at radius 1 is 1.23 bits per heavy atom. The van der Waals surface area contributed by atoms with Crippen LogP contribution in [0.3, 0.4) is 0 Å². The molecule has 1 aromatic heterocycles. The molecule has 2 aromatic rings. The molecule has 0 aliphatic heterocycles. The highest BCUT2D eigenvalue weighted by molar-refractivity contribution is 5.47. The number of hydrogen-bond acceptors (Lipinski definition) is 3. The number of nitrogens with zero attached hydrogens (tertiary/aromatic N) is 2. The lowest BCUT2D eigenvalue weighted by Gasteiger charge is -2.17. The minimum atomic E-state index is 0.118. The molecule has 4 heteroatoms. The second-order valence-corrected chi connectivity index (χ2v) is 6.27. The topological polar surface area (TPSA) is 50.1 Å². The molecule has 1 heterocycles. The summed E-state index contributed by atoms with van der Waals surface area (Å²) in [6.07, 6.45) is 3.57. The molecular weight excluding hydrogens is 274 g/mol. The summed E-state index contributed by atoms with van der Waals surface area (Å²) < 4.78 is 1.90. The number of anilines is 1. The normalized spacial score (nSPS) is 21.2. The first-order valence-corrected chi connectivity index (χ1v) is 8.15. The fraction of sp³-hybridized carbons (Fsp3) is 0.500. The van der Waals surface area contributed by atoms with Crippen LogP contribution in [0, 0.1) is 13.8 Å². The maximum absolute atomic E-state index is 9.21. The molecule has 0 radical (unpaired) electrons. The van der Waals surface area contributed by atoms with Gasteiger partial charge in [-0.3, -0.25) is 0 Å². The first-order chi connectivity index (χ1) is 10.7. The van der Waals surface area contributed by atoms with Gasteiger partial charge in [-0.15, -0.1) is 0 Å². The van der Waals surface area contributed by atoms with Crippen molar-refractivity contribution in [2.75, 3.05) is 11.9 Å². The van der Waals surface area contributed by atoms with Crippen molar-refractivity contribution in [3.63, 3.8) is 0 Å². The number of rotatable bonds is 5. The van der Waals surface area contributed by atoms with Gasteiger partial charge in [0.15, 0.2) is 0 Å². The number of nitrogens with one attached hydrogen (secondary N) is 1. The van der Waals surface area contributed by atoms with Gasteiger partial charge in [-0.1, -0.05) is 30.3 Å². The summed E-state index contributed by atoms with van der Waals surface area (Å²) in [4.78, 5) is 0. The lowest BCUT2D eigenvalue weighted by atomic mass is 9.98. The zero-order chi connectivity index (χ0) is 15.5. The average Bonchev–Trinajstić information content (AvgIpc) is 3.10. The third-order valence-electron chi connectivity index (χ3n) is 4.78. The average molecular weight is 299 g/mol. The van der Waals surface area contributed by atoms with Crippen LogP contribution in [-0.4, -0.2) is 27.5 Å². The van der Waals surface area contributed by atoms with Gasteiger partial charge in [-0.05, 0) is 44.6 Å². The molecule has 1 aliphatic carbocycles. The molecule has 1 saturated carbocycles. The summed E-state index contributed by atoms with van der Waals surface area (Å²) in [5, 5.41) is 17.4. The molecule has 1 aliphatic rings. The van der Waals surface area contributed by atoms with Gasteiger partial charge in [0.1, 0.15) is 5.82 Å². The highest BCUT2D eigenvalue weighted by Gasteiger charge is 2.27. The molecule has 0 saturated heterocycles. The lowest BCUT2D eigenvalue weighted by molar-refractivity contribution is 0.270. The summed E-state index contributed by atoms with van der Waals surface area (Å²) in [6, 6.07) is 11.3. The molecule has 1 aromatic carbocycles. The fourth-order valence-corrected chi connectivity index (χ4v) is 3.44. The van der Waals surface area contributed by atoms with Crippen molar-refractivity contribution < 1.29 is 5.11 Å². The minimum Gasteiger partial charge on any atom is -0.394 e. The number of aryl methyl sites for hydroxylation is 1. The molecule has 0 bridgehead atoms. The molecule has 0 amide bonds. The summed E-state index contributed by atoms with van der Waals surface area (Å²) in [5.41, 5.74) is 3.67. The van der Waals surface area contributed by atoms with Crippen LogP contribution in [0.2, 0.25) is 0 Å². The molecule has 118 valence electrons. The number of aliphatic hydroxyl groups is 1. The van der Waals surface area contributed by atoms with Crippen LogP contribution in [0.25, 0.3) is 0 Å². The van der Waals surface area contributed by atoms with E-state index in [0.717, 1.165) is 17.9 Å². The van der Waals surface area contributed by atoms with E-state index in [9.17, 15) is 5.11 Å². The van der Waals surface area contributed by atoms with E-state index in [-0.39, 0.29) is 6.61 Å². The molecule has 4 nitrogen and oxygen atoms in total. The van der Waals surface area contributed by atoms with E-state index in [4.69, 9.17) is 0 Å². The first kappa shape index (κ1) is 15.1. The highest BCUT2D eigenvalue weighted by Crippen LogP contribution is 2.36. The SMILES string of the molecule is Cc1nn(CCO)c(N[C@H]2CC[C@@H](c3ccccc3)C2)c1C. The Kier molecular flexibility index (Phi) is 4.48. The van der Waals surface area contributed by atoms with Crippen molar-refractivity contribution in [2.45, 2.75) is 51.6 Å². The van der Waals surface area contributed by atoms with Crippen molar-refractivity contribution in [3.8, 4) is 0 Å². The second kappa shape index (κ2) is 6.53. The van der Waals surface area contributed by atoms with Crippen molar-refractivity contribution in [2.24, 2.45) is 0 Å². The quantitative estimate of drug-likeness (QED) is 0.891. The van der Waals surface area contributed by atoms with Crippen molar-refractivity contribution in [1.82, 2.24) is 9.78 Å². The Labute approximate surface area is 132 Å². The van der Waals surface area contributed by atoms with Crippen molar-refractivity contribution in [3.05, 3.63) is 47.2 Å². The zero-order valence-electron chi connectivity index (χ0n) is 13.4. The fourth-order valence-electron chi connectivity index (χ4n) is 3.44. The first-order valence-electron chi connectivity index (χ1n) is 8.15. The summed E-state index contributed by atoms with van der Waals surface area (Å²) >= 11 is 0. The minimum absolute atomic E-state index is 0.118. The van der Waals surface area contributed by atoms with E-state index >= 15 is 0 Å². The maximum atomic E-state index is 9.21. The van der Waals surface area contributed by atoms with E-state index in [1.54, 1.807) is 0 Å². The van der Waals surface area contributed by atoms with Gasteiger partial charge in [0.25, 0.3) is 0 Å². The zero-order valence-corrected chi connectivity index (χ0v) is 13.4. The Hall–Kier alpha value is -1.81. The maximum Gasteiger partial charge on any atom is 0.127 e. The molecule has 2 N–H and O–H groups in total. The molecule has 3 rings (SSSR count). The third-order valence-corrected chi connectivity index (χ3v) is 4.78. The smallest absolute Gasteiger partial charge is 0.127 e. The van der Waals surface area contributed by atoms with Crippen LogP contribution in [0.15, 0.2) is 30.3 Å². The summed E-state index contributed by atoms with van der Waals surface area (Å²) in [6.45, 7) is 4.79. The van der Waals surface area contributed by atoms with E-state index in [1.807, 2.05) is 11.6 Å². The molecule has 1 fully saturated rings. The van der Waals surface area contributed by atoms with Crippen molar-refractivity contribution in [1.29, 1.82) is 0 Å². The van der Waals surface area contributed by atoms with Crippen LogP contribution in [-0.2, 0) is 6.54 Å². The van der Waals surface area contributed by atoms with Gasteiger partial charge in [0.2, 0.25) is 0 Å². The number of benzene rings is 1. The van der Waals surface area contributed by atoms with Crippen LogP contribution < -0.4 is 5.32 Å². The van der Waals surface area contributed by atoms with E-state index < -0.39 is 0 Å². The largest absolute Gasteiger partial charge is 0.394 e. The van der Waals surface area contributed by atoms with Gasteiger partial charge in [-0.2, -0.15) is 5.10 Å². The Bertz CT molecular complexity index is 621. The molecule has 22 heavy (non-hydrogen) atoms. The van der Waals surface area contributed by atoms with Crippen LogP contribution in [0.4, 0.5) is 5.82 Å². The predicted octanol–water partition coefficient (Wildman–Crippen LogP) is 3.24. The van der Waals surface area contributed by atoms with Gasteiger partial charge in [-0.25, -0.2) is 4.68 Å². The van der Waals surface area contributed by atoms with Crippen molar-refractivity contribution >= 4 is 5.82 Å². The second-order valence-electron chi connectivity index (χ2n) is 6.27. The molecule has 2 atom stereocenters. The lowest BCUT2D eigenvalue weighted by Crippen LogP contribution is -2.20. The third kappa shape index (κ3) is 3.02. The van der Waals surface area contributed by atoms with Crippen LogP contribution in [0.1, 0.15) is 42.0 Å². The molecule has 0 spiro atoms. The van der Waals surface area contributed by atoms with Gasteiger partial charge in [0.05, 0.1) is 18.8 Å². The summed E-state index contributed by atoms with van der Waals surface area (Å²) in [5.74, 6) is 1.72. The highest BCUT2D eigenvalue weighted by atomic mass is 16.3. The van der Waals surface area contributed by atoms with Crippen LogP contribution >= 0.6 is 0 Å². The predicted molar refractivity (Wildman–Crippen MR) is 89.2 cm³/mol. The standard InChI is InChI=1S/C18H25N3O/c1-13-14(2)20-21(10-11-22)18(13)19-17-9-8-16(12-17)15-6-4-3-5-7-15/h3-7,16-17,19,22H,8-12H2,1-2H3/t16-,17+/m1/s1. The number of aromatic nitrogens is 2. The van der Waals surface area contributed by atoms with E-state index in [1.165, 1.54) is 24.0 Å². The van der Waals surface area contributed by atoms with E-state index in [0.29, 0.717) is 18.5 Å². The number of aliphatic hydroxyl groups excluding tert-OH is 1. The number of hydrogen-bond donors (Lipinski definition) is 2. The Balaban J connectivity index is 1.70.